The zero-order chi connectivity index (χ0) is 26.2. The summed E-state index contributed by atoms with van der Waals surface area (Å²) in [5.41, 5.74) is -5.40. The van der Waals surface area contributed by atoms with Gasteiger partial charge in [0.25, 0.3) is 5.69 Å². The quantitative estimate of drug-likeness (QED) is 0.164. The average molecular weight is 497 g/mol. The summed E-state index contributed by atoms with van der Waals surface area (Å²) in [4.78, 5) is 23.0. The minimum atomic E-state index is -5.10. The molecule has 11 heteroatoms. The number of aryl methyl sites for hydroxylation is 1. The molecular weight excluding hydrogens is 480 g/mol. The number of benzene rings is 3. The molecule has 1 atom stereocenters. The molecule has 0 heterocycles. The summed E-state index contributed by atoms with van der Waals surface area (Å²) in [6.07, 6.45) is -10.2. The molecule has 0 amide bonds. The fraction of sp³-hybridized carbons (Fsp3) is 0.208. The van der Waals surface area contributed by atoms with Gasteiger partial charge in [0, 0.05) is 17.7 Å². The zero-order valence-electron chi connectivity index (χ0n) is 18.2. The normalized spacial score (nSPS) is 13.7. The number of carbonyl (C=O) groups is 1. The van der Waals surface area contributed by atoms with Crippen LogP contribution in [0, 0.1) is 17.0 Å². The second-order valence-corrected chi connectivity index (χ2v) is 7.89. The Hall–Kier alpha value is -3.89. The van der Waals surface area contributed by atoms with Gasteiger partial charge in [0.15, 0.2) is 5.60 Å². The topological polar surface area (TPSA) is 69.4 Å². The molecule has 0 radical (unpaired) electrons. The highest BCUT2D eigenvalue weighted by Crippen LogP contribution is 2.42. The maximum atomic E-state index is 13.5. The molecule has 0 bridgehead atoms. The Balaban J connectivity index is 2.19. The van der Waals surface area contributed by atoms with Crippen molar-refractivity contribution >= 4 is 11.7 Å². The van der Waals surface area contributed by atoms with E-state index in [0.29, 0.717) is 12.1 Å². The molecule has 3 aromatic carbocycles. The number of hydrogen-bond acceptors (Lipinski definition) is 4. The molecule has 3 rings (SSSR count). The third-order valence-corrected chi connectivity index (χ3v) is 5.35. The summed E-state index contributed by atoms with van der Waals surface area (Å²) >= 11 is 0. The highest BCUT2D eigenvalue weighted by atomic mass is 19.4. The van der Waals surface area contributed by atoms with E-state index in [1.807, 2.05) is 0 Å². The molecule has 0 spiro atoms. The van der Waals surface area contributed by atoms with Crippen LogP contribution in [0.15, 0.2) is 66.7 Å². The first kappa shape index (κ1) is 25.7. The van der Waals surface area contributed by atoms with E-state index in [9.17, 15) is 41.3 Å². The van der Waals surface area contributed by atoms with Crippen molar-refractivity contribution in [1.29, 1.82) is 0 Å². The summed E-state index contributed by atoms with van der Waals surface area (Å²) in [6.45, 7) is 2.90. The summed E-state index contributed by atoms with van der Waals surface area (Å²) in [5, 5.41) is 10.8. The highest BCUT2D eigenvalue weighted by molar-refractivity contribution is 5.90. The number of alkyl halides is 6. The second-order valence-electron chi connectivity index (χ2n) is 7.89. The molecule has 0 fully saturated rings. The van der Waals surface area contributed by atoms with Gasteiger partial charge in [-0.05, 0) is 49.7 Å². The van der Waals surface area contributed by atoms with Crippen molar-refractivity contribution in [2.24, 2.45) is 0 Å². The summed E-state index contributed by atoms with van der Waals surface area (Å²) in [7, 11) is 0. The minimum Gasteiger partial charge on any atom is -0.446 e. The fourth-order valence-electron chi connectivity index (χ4n) is 3.35. The van der Waals surface area contributed by atoms with Gasteiger partial charge in [-0.1, -0.05) is 29.8 Å². The van der Waals surface area contributed by atoms with Gasteiger partial charge in [0.1, 0.15) is 0 Å². The van der Waals surface area contributed by atoms with E-state index in [1.54, 1.807) is 19.1 Å². The molecule has 0 N–H and O–H groups in total. The number of nitro benzene ring substituents is 1. The Kier molecular flexibility index (Phi) is 6.65. The van der Waals surface area contributed by atoms with Crippen LogP contribution in [-0.4, -0.2) is 10.9 Å². The first-order valence-corrected chi connectivity index (χ1v) is 9.96. The van der Waals surface area contributed by atoms with E-state index in [4.69, 9.17) is 4.74 Å². The molecule has 0 aromatic heterocycles. The van der Waals surface area contributed by atoms with E-state index in [-0.39, 0.29) is 22.9 Å². The SMILES string of the molecule is Cc1ccc(C(C)(OC(=O)c2ccc([N+](=O)[O-])cc2)c2cc(C(F)(F)F)cc(C(F)(F)F)c2)cc1. The van der Waals surface area contributed by atoms with Gasteiger partial charge in [-0.15, -0.1) is 0 Å². The molecule has 0 aliphatic rings. The lowest BCUT2D eigenvalue weighted by Gasteiger charge is -2.32. The molecule has 184 valence electrons. The lowest BCUT2D eigenvalue weighted by atomic mass is 9.85. The average Bonchev–Trinajstić information content (AvgIpc) is 2.78. The Morgan fingerprint density at radius 3 is 1.66 bits per heavy atom. The highest BCUT2D eigenvalue weighted by Gasteiger charge is 2.41. The lowest BCUT2D eigenvalue weighted by molar-refractivity contribution is -0.384. The van der Waals surface area contributed by atoms with Crippen LogP contribution in [-0.2, 0) is 22.7 Å². The number of nitro groups is 1. The van der Waals surface area contributed by atoms with Crippen LogP contribution in [0.2, 0.25) is 0 Å². The summed E-state index contributed by atoms with van der Waals surface area (Å²) in [6, 6.07) is 11.1. The number of nitrogens with zero attached hydrogens (tertiary/aromatic N) is 1. The van der Waals surface area contributed by atoms with Gasteiger partial charge in [0.2, 0.25) is 0 Å². The number of halogens is 6. The van der Waals surface area contributed by atoms with Crippen molar-refractivity contribution in [3.8, 4) is 0 Å². The lowest BCUT2D eigenvalue weighted by Crippen LogP contribution is -2.31. The largest absolute Gasteiger partial charge is 0.446 e. The maximum absolute atomic E-state index is 13.5. The van der Waals surface area contributed by atoms with Crippen LogP contribution in [0.4, 0.5) is 32.0 Å². The fourth-order valence-corrected chi connectivity index (χ4v) is 3.35. The second kappa shape index (κ2) is 9.05. The van der Waals surface area contributed by atoms with Crippen molar-refractivity contribution < 1.29 is 40.8 Å². The van der Waals surface area contributed by atoms with E-state index >= 15 is 0 Å². The first-order valence-electron chi connectivity index (χ1n) is 9.96. The molecular formula is C24H17F6NO4. The number of esters is 1. The van der Waals surface area contributed by atoms with Crippen LogP contribution in [0.3, 0.4) is 0 Å². The number of hydrogen-bond donors (Lipinski definition) is 0. The Labute approximate surface area is 195 Å². The maximum Gasteiger partial charge on any atom is 0.416 e. The van der Waals surface area contributed by atoms with Crippen molar-refractivity contribution in [2.75, 3.05) is 0 Å². The molecule has 35 heavy (non-hydrogen) atoms. The van der Waals surface area contributed by atoms with Crippen LogP contribution in [0.5, 0.6) is 0 Å². The van der Waals surface area contributed by atoms with E-state index < -0.39 is 45.5 Å². The Morgan fingerprint density at radius 1 is 0.771 bits per heavy atom. The van der Waals surface area contributed by atoms with Gasteiger partial charge in [-0.25, -0.2) is 4.79 Å². The van der Waals surface area contributed by atoms with Gasteiger partial charge < -0.3 is 4.74 Å². The minimum absolute atomic E-state index is 0.0167. The molecule has 3 aromatic rings. The number of carbonyl (C=O) groups excluding carboxylic acids is 1. The number of rotatable bonds is 5. The van der Waals surface area contributed by atoms with Crippen LogP contribution in [0.1, 0.15) is 45.1 Å². The van der Waals surface area contributed by atoms with Crippen LogP contribution >= 0.6 is 0 Å². The van der Waals surface area contributed by atoms with Gasteiger partial charge in [-0.3, -0.25) is 10.1 Å². The smallest absolute Gasteiger partial charge is 0.416 e. The summed E-state index contributed by atoms with van der Waals surface area (Å²) < 4.78 is 86.4. The van der Waals surface area contributed by atoms with E-state index in [1.165, 1.54) is 19.1 Å². The van der Waals surface area contributed by atoms with Crippen LogP contribution in [0.25, 0.3) is 0 Å². The van der Waals surface area contributed by atoms with Gasteiger partial charge in [-0.2, -0.15) is 26.3 Å². The number of ether oxygens (including phenoxy) is 1. The van der Waals surface area contributed by atoms with E-state index in [2.05, 4.69) is 0 Å². The molecule has 1 unspecified atom stereocenters. The standard InChI is InChI=1S/C24H17F6NO4/c1-14-3-7-16(8-4-14)22(2,35-21(32)15-5-9-20(10-6-15)31(33)34)17-11-18(23(25,26)27)13-19(12-17)24(28,29)30/h3-13H,1-2H3. The number of non-ortho nitro benzene ring substituents is 1. The van der Waals surface area contributed by atoms with Crippen molar-refractivity contribution in [2.45, 2.75) is 31.8 Å². The predicted octanol–water partition coefficient (Wildman–Crippen LogP) is 7.06. The monoisotopic (exact) mass is 497 g/mol. The molecule has 0 aliphatic carbocycles. The molecule has 5 nitrogen and oxygen atoms in total. The molecule has 0 saturated heterocycles. The Bertz CT molecular complexity index is 1220. The van der Waals surface area contributed by atoms with E-state index in [0.717, 1.165) is 29.8 Å². The molecule has 0 aliphatic heterocycles. The van der Waals surface area contributed by atoms with Crippen molar-refractivity contribution in [3.05, 3.63) is 110 Å². The van der Waals surface area contributed by atoms with Gasteiger partial charge >= 0.3 is 18.3 Å². The predicted molar refractivity (Wildman–Crippen MR) is 113 cm³/mol. The zero-order valence-corrected chi connectivity index (χ0v) is 18.2. The molecule has 0 saturated carbocycles. The Morgan fingerprint density at radius 2 is 1.23 bits per heavy atom. The third kappa shape index (κ3) is 5.61. The summed E-state index contributed by atoms with van der Waals surface area (Å²) in [5.74, 6) is -1.10. The first-order chi connectivity index (χ1) is 16.1. The van der Waals surface area contributed by atoms with Crippen LogP contribution < -0.4 is 0 Å². The van der Waals surface area contributed by atoms with Crippen molar-refractivity contribution in [3.63, 3.8) is 0 Å². The third-order valence-electron chi connectivity index (χ3n) is 5.35. The van der Waals surface area contributed by atoms with Crippen molar-refractivity contribution in [1.82, 2.24) is 0 Å². The van der Waals surface area contributed by atoms with Gasteiger partial charge in [0.05, 0.1) is 21.6 Å².